The first kappa shape index (κ1) is 16.4. The predicted octanol–water partition coefficient (Wildman–Crippen LogP) is 3.06. The average molecular weight is 350 g/mol. The van der Waals surface area contributed by atoms with Crippen molar-refractivity contribution in [3.63, 3.8) is 0 Å². The maximum absolute atomic E-state index is 13.2. The average Bonchev–Trinajstić information content (AvgIpc) is 3.06. The first-order chi connectivity index (χ1) is 12.6. The normalized spacial score (nSPS) is 11.5. The lowest BCUT2D eigenvalue weighted by Crippen LogP contribution is -2.21. The van der Waals surface area contributed by atoms with Crippen molar-refractivity contribution in [3.05, 3.63) is 54.3 Å². The van der Waals surface area contributed by atoms with Crippen LogP contribution in [-0.4, -0.2) is 51.9 Å². The minimum Gasteiger partial charge on any atom is -0.368 e. The number of hydrogen-bond donors (Lipinski definition) is 1. The SMILES string of the molecule is CN(C)CCNc1nc2c(-c3ccc(F)cc3)nnn2c2ccccc12. The molecule has 0 spiro atoms. The number of rotatable bonds is 5. The molecule has 2 heterocycles. The van der Waals surface area contributed by atoms with Crippen molar-refractivity contribution in [1.82, 2.24) is 24.7 Å². The van der Waals surface area contributed by atoms with Gasteiger partial charge in [-0.2, -0.15) is 4.52 Å². The van der Waals surface area contributed by atoms with Gasteiger partial charge in [-0.05, 0) is 50.5 Å². The van der Waals surface area contributed by atoms with Crippen molar-refractivity contribution in [1.29, 1.82) is 0 Å². The molecule has 4 rings (SSSR count). The van der Waals surface area contributed by atoms with Crippen molar-refractivity contribution in [3.8, 4) is 11.3 Å². The molecule has 0 bridgehead atoms. The smallest absolute Gasteiger partial charge is 0.186 e. The molecular formula is C19H19FN6. The highest BCUT2D eigenvalue weighted by atomic mass is 19.1. The second kappa shape index (κ2) is 6.68. The molecule has 0 aliphatic carbocycles. The molecule has 0 saturated heterocycles. The van der Waals surface area contributed by atoms with Gasteiger partial charge in [0.15, 0.2) is 5.65 Å². The fraction of sp³-hybridized carbons (Fsp3) is 0.211. The molecule has 0 amide bonds. The lowest BCUT2D eigenvalue weighted by atomic mass is 10.1. The summed E-state index contributed by atoms with van der Waals surface area (Å²) in [6, 6.07) is 14.2. The van der Waals surface area contributed by atoms with Crippen LogP contribution >= 0.6 is 0 Å². The largest absolute Gasteiger partial charge is 0.368 e. The highest BCUT2D eigenvalue weighted by Gasteiger charge is 2.15. The van der Waals surface area contributed by atoms with Crippen molar-refractivity contribution in [2.24, 2.45) is 0 Å². The minimum absolute atomic E-state index is 0.283. The van der Waals surface area contributed by atoms with Crippen LogP contribution in [0.4, 0.5) is 10.2 Å². The van der Waals surface area contributed by atoms with Crippen LogP contribution in [-0.2, 0) is 0 Å². The molecule has 4 aromatic rings. The van der Waals surface area contributed by atoms with Crippen LogP contribution < -0.4 is 5.32 Å². The van der Waals surface area contributed by atoms with Gasteiger partial charge in [0.05, 0.1) is 5.52 Å². The molecule has 2 aromatic carbocycles. The molecule has 0 unspecified atom stereocenters. The predicted molar refractivity (Wildman–Crippen MR) is 101 cm³/mol. The molecule has 0 saturated carbocycles. The molecule has 26 heavy (non-hydrogen) atoms. The van der Waals surface area contributed by atoms with Gasteiger partial charge in [-0.1, -0.05) is 17.3 Å². The number of aromatic nitrogens is 4. The summed E-state index contributed by atoms with van der Waals surface area (Å²) in [6.07, 6.45) is 0. The second-order valence-corrected chi connectivity index (χ2v) is 6.39. The third-order valence-corrected chi connectivity index (χ3v) is 4.22. The van der Waals surface area contributed by atoms with E-state index in [1.54, 1.807) is 16.6 Å². The summed E-state index contributed by atoms with van der Waals surface area (Å²) in [4.78, 5) is 6.88. The Morgan fingerprint density at radius 2 is 1.85 bits per heavy atom. The van der Waals surface area contributed by atoms with Gasteiger partial charge < -0.3 is 10.2 Å². The van der Waals surface area contributed by atoms with E-state index < -0.39 is 0 Å². The molecular weight excluding hydrogens is 331 g/mol. The number of nitrogens with zero attached hydrogens (tertiary/aromatic N) is 5. The lowest BCUT2D eigenvalue weighted by Gasteiger charge is -2.13. The van der Waals surface area contributed by atoms with E-state index in [0.717, 1.165) is 35.4 Å². The summed E-state index contributed by atoms with van der Waals surface area (Å²) in [5.41, 5.74) is 2.98. The number of nitrogens with one attached hydrogen (secondary N) is 1. The van der Waals surface area contributed by atoms with Crippen LogP contribution in [0.5, 0.6) is 0 Å². The molecule has 0 aliphatic heterocycles. The highest BCUT2D eigenvalue weighted by molar-refractivity contribution is 5.93. The Labute approximate surface area is 150 Å². The highest BCUT2D eigenvalue weighted by Crippen LogP contribution is 2.27. The van der Waals surface area contributed by atoms with Gasteiger partial charge in [-0.15, -0.1) is 5.10 Å². The monoisotopic (exact) mass is 350 g/mol. The number of benzene rings is 2. The topological polar surface area (TPSA) is 58.3 Å². The van der Waals surface area contributed by atoms with Crippen molar-refractivity contribution < 1.29 is 4.39 Å². The maximum atomic E-state index is 13.2. The quantitative estimate of drug-likeness (QED) is 0.599. The third-order valence-electron chi connectivity index (χ3n) is 4.22. The molecule has 132 valence electrons. The third kappa shape index (κ3) is 2.97. The zero-order valence-electron chi connectivity index (χ0n) is 14.6. The van der Waals surface area contributed by atoms with Gasteiger partial charge in [-0.3, -0.25) is 0 Å². The molecule has 0 atom stereocenters. The summed E-state index contributed by atoms with van der Waals surface area (Å²) in [6.45, 7) is 1.66. The van der Waals surface area contributed by atoms with E-state index in [2.05, 4.69) is 20.5 Å². The van der Waals surface area contributed by atoms with Gasteiger partial charge in [0.1, 0.15) is 17.3 Å². The van der Waals surface area contributed by atoms with Gasteiger partial charge in [0, 0.05) is 24.0 Å². The van der Waals surface area contributed by atoms with Crippen molar-refractivity contribution in [2.75, 3.05) is 32.5 Å². The fourth-order valence-corrected chi connectivity index (χ4v) is 2.89. The Morgan fingerprint density at radius 3 is 2.62 bits per heavy atom. The van der Waals surface area contributed by atoms with Crippen LogP contribution in [0.25, 0.3) is 27.8 Å². The number of para-hydroxylation sites is 1. The molecule has 0 aliphatic rings. The maximum Gasteiger partial charge on any atom is 0.186 e. The molecule has 7 heteroatoms. The zero-order chi connectivity index (χ0) is 18.1. The van der Waals surface area contributed by atoms with E-state index in [-0.39, 0.29) is 5.82 Å². The van der Waals surface area contributed by atoms with Gasteiger partial charge >= 0.3 is 0 Å². The number of anilines is 1. The Kier molecular flexibility index (Phi) is 4.22. The first-order valence-electron chi connectivity index (χ1n) is 8.42. The first-order valence-corrected chi connectivity index (χ1v) is 8.42. The summed E-state index contributed by atoms with van der Waals surface area (Å²) < 4.78 is 15.0. The van der Waals surface area contributed by atoms with Crippen molar-refractivity contribution in [2.45, 2.75) is 0 Å². The molecule has 0 radical (unpaired) electrons. The summed E-state index contributed by atoms with van der Waals surface area (Å²) >= 11 is 0. The van der Waals surface area contributed by atoms with E-state index in [9.17, 15) is 4.39 Å². The molecule has 0 fully saturated rings. The van der Waals surface area contributed by atoms with Crippen molar-refractivity contribution >= 4 is 22.4 Å². The van der Waals surface area contributed by atoms with E-state index >= 15 is 0 Å². The lowest BCUT2D eigenvalue weighted by molar-refractivity contribution is 0.425. The van der Waals surface area contributed by atoms with Crippen LogP contribution in [0, 0.1) is 5.82 Å². The summed E-state index contributed by atoms with van der Waals surface area (Å²) in [5.74, 6) is 0.510. The standard InChI is InChI=1S/C19H19FN6/c1-25(2)12-11-21-18-15-5-3-4-6-16(15)26-19(22-18)17(23-24-26)13-7-9-14(20)10-8-13/h3-10H,11-12H2,1-2H3,(H,21,22). The molecule has 2 aromatic heterocycles. The number of fused-ring (bicyclic) bond motifs is 3. The zero-order valence-corrected chi connectivity index (χ0v) is 14.6. The second-order valence-electron chi connectivity index (χ2n) is 6.39. The molecule has 6 nitrogen and oxygen atoms in total. The number of likely N-dealkylation sites (N-methyl/N-ethyl adjacent to an activating group) is 1. The van der Waals surface area contributed by atoms with Crippen LogP contribution in [0.3, 0.4) is 0 Å². The fourth-order valence-electron chi connectivity index (χ4n) is 2.89. The Balaban J connectivity index is 1.86. The van der Waals surface area contributed by atoms with E-state index in [1.807, 2.05) is 38.4 Å². The Morgan fingerprint density at radius 1 is 1.08 bits per heavy atom. The van der Waals surface area contributed by atoms with Gasteiger partial charge in [0.25, 0.3) is 0 Å². The Hall–Kier alpha value is -3.06. The molecule has 1 N–H and O–H groups in total. The van der Waals surface area contributed by atoms with E-state index in [4.69, 9.17) is 4.98 Å². The summed E-state index contributed by atoms with van der Waals surface area (Å²) in [5, 5.41) is 12.9. The van der Waals surface area contributed by atoms with Gasteiger partial charge in [-0.25, -0.2) is 9.37 Å². The van der Waals surface area contributed by atoms with E-state index in [0.29, 0.717) is 11.3 Å². The summed E-state index contributed by atoms with van der Waals surface area (Å²) in [7, 11) is 4.06. The van der Waals surface area contributed by atoms with E-state index in [1.165, 1.54) is 12.1 Å². The number of halogens is 1. The Bertz CT molecular complexity index is 1050. The van der Waals surface area contributed by atoms with Crippen LogP contribution in [0.15, 0.2) is 48.5 Å². The number of hydrogen-bond acceptors (Lipinski definition) is 5. The van der Waals surface area contributed by atoms with Crippen LogP contribution in [0.1, 0.15) is 0 Å². The van der Waals surface area contributed by atoms with Crippen LogP contribution in [0.2, 0.25) is 0 Å². The van der Waals surface area contributed by atoms with Gasteiger partial charge in [0.2, 0.25) is 0 Å². The minimum atomic E-state index is -0.283.